The third-order valence-corrected chi connectivity index (χ3v) is 5.58. The Kier molecular flexibility index (Phi) is 5.65. The van der Waals surface area contributed by atoms with Gasteiger partial charge in [-0.3, -0.25) is 14.5 Å². The molecule has 1 amide bonds. The van der Waals surface area contributed by atoms with Crippen LogP contribution in [0.15, 0.2) is 73.2 Å². The molecule has 0 radical (unpaired) electrons. The van der Waals surface area contributed by atoms with Crippen LogP contribution in [0.5, 0.6) is 0 Å². The molecule has 0 saturated heterocycles. The predicted octanol–water partition coefficient (Wildman–Crippen LogP) is 5.38. The maximum absolute atomic E-state index is 12.9. The number of halogens is 1. The number of nitrogens with zero attached hydrogens (tertiary/aromatic N) is 5. The highest BCUT2D eigenvalue weighted by molar-refractivity contribution is 6.31. The minimum absolute atomic E-state index is 0.240. The quantitative estimate of drug-likeness (QED) is 0.358. The van der Waals surface area contributed by atoms with Crippen molar-refractivity contribution in [2.45, 2.75) is 6.92 Å². The largest absolute Gasteiger partial charge is 0.339 e. The minimum atomic E-state index is -0.240. The van der Waals surface area contributed by atoms with Crippen LogP contribution in [0.3, 0.4) is 0 Å². The Morgan fingerprint density at radius 1 is 1.03 bits per heavy atom. The van der Waals surface area contributed by atoms with Gasteiger partial charge in [0.25, 0.3) is 5.91 Å². The van der Waals surface area contributed by atoms with Gasteiger partial charge in [0.15, 0.2) is 11.5 Å². The predicted molar refractivity (Wildman–Crippen MR) is 133 cm³/mol. The van der Waals surface area contributed by atoms with E-state index in [0.29, 0.717) is 33.6 Å². The van der Waals surface area contributed by atoms with Crippen LogP contribution in [-0.4, -0.2) is 30.6 Å². The number of benzene rings is 2. The van der Waals surface area contributed by atoms with Crippen molar-refractivity contribution in [1.29, 1.82) is 0 Å². The third kappa shape index (κ3) is 4.31. The fraction of sp³-hybridized carbons (Fsp3) is 0.0800. The first-order valence-electron chi connectivity index (χ1n) is 10.5. The Balaban J connectivity index is 1.51. The lowest BCUT2D eigenvalue weighted by atomic mass is 10.1. The number of amides is 1. The second-order valence-electron chi connectivity index (χ2n) is 7.76. The average Bonchev–Trinajstić information content (AvgIpc) is 3.22. The molecule has 0 saturated carbocycles. The molecule has 0 aliphatic carbocycles. The van der Waals surface area contributed by atoms with Crippen LogP contribution >= 0.6 is 11.6 Å². The second kappa shape index (κ2) is 8.92. The molecule has 0 spiro atoms. The second-order valence-corrected chi connectivity index (χ2v) is 8.20. The van der Waals surface area contributed by atoms with E-state index < -0.39 is 0 Å². The van der Waals surface area contributed by atoms with Crippen molar-refractivity contribution in [1.82, 2.24) is 24.7 Å². The van der Waals surface area contributed by atoms with Gasteiger partial charge in [-0.05, 0) is 55.0 Å². The summed E-state index contributed by atoms with van der Waals surface area (Å²) in [5.74, 6) is 0.877. The van der Waals surface area contributed by atoms with Gasteiger partial charge in [-0.2, -0.15) is 5.10 Å². The molecule has 5 rings (SSSR count). The summed E-state index contributed by atoms with van der Waals surface area (Å²) in [5.41, 5.74) is 4.31. The lowest BCUT2D eigenvalue weighted by molar-refractivity contribution is 0.102. The van der Waals surface area contributed by atoms with Crippen LogP contribution in [0.25, 0.3) is 22.4 Å². The van der Waals surface area contributed by atoms with E-state index in [2.05, 4.69) is 25.7 Å². The van der Waals surface area contributed by atoms with Crippen molar-refractivity contribution in [2.24, 2.45) is 7.05 Å². The highest BCUT2D eigenvalue weighted by Gasteiger charge is 2.15. The van der Waals surface area contributed by atoms with E-state index in [0.717, 1.165) is 22.2 Å². The molecule has 0 bridgehead atoms. The van der Waals surface area contributed by atoms with Gasteiger partial charge in [-0.15, -0.1) is 0 Å². The van der Waals surface area contributed by atoms with E-state index in [-0.39, 0.29) is 5.91 Å². The topological polar surface area (TPSA) is 97.6 Å². The van der Waals surface area contributed by atoms with Gasteiger partial charge in [-0.25, -0.2) is 9.97 Å². The molecule has 3 heterocycles. The zero-order valence-electron chi connectivity index (χ0n) is 18.5. The van der Waals surface area contributed by atoms with Crippen LogP contribution in [0.4, 0.5) is 17.2 Å². The number of carbonyl (C=O) groups excluding carboxylic acids is 1. The molecule has 5 aromatic rings. The Morgan fingerprint density at radius 3 is 2.71 bits per heavy atom. The summed E-state index contributed by atoms with van der Waals surface area (Å²) < 4.78 is 1.70. The lowest BCUT2D eigenvalue weighted by Gasteiger charge is -2.13. The van der Waals surface area contributed by atoms with Gasteiger partial charge >= 0.3 is 0 Å². The summed E-state index contributed by atoms with van der Waals surface area (Å²) in [5, 5.41) is 11.9. The summed E-state index contributed by atoms with van der Waals surface area (Å²) in [4.78, 5) is 26.4. The third-order valence-electron chi connectivity index (χ3n) is 5.35. The normalized spacial score (nSPS) is 10.9. The van der Waals surface area contributed by atoms with Crippen molar-refractivity contribution >= 4 is 45.7 Å². The SMILES string of the molecule is Cc1ccc(C(=O)Nc2cccc(Cl)c2)cc1Nc1nc(-c2cccnc2)nc2c1cnn2C. The molecule has 0 aliphatic heterocycles. The number of pyridine rings is 1. The van der Waals surface area contributed by atoms with Gasteiger partial charge < -0.3 is 10.6 Å². The van der Waals surface area contributed by atoms with E-state index in [9.17, 15) is 4.79 Å². The number of fused-ring (bicyclic) bond motifs is 1. The summed E-state index contributed by atoms with van der Waals surface area (Å²) in [6, 6.07) is 16.2. The molecule has 3 aromatic heterocycles. The minimum Gasteiger partial charge on any atom is -0.339 e. The van der Waals surface area contributed by atoms with Crippen molar-refractivity contribution in [3.63, 3.8) is 0 Å². The number of nitrogens with one attached hydrogen (secondary N) is 2. The Bertz CT molecular complexity index is 1520. The number of aromatic nitrogens is 5. The van der Waals surface area contributed by atoms with Crippen LogP contribution in [-0.2, 0) is 7.05 Å². The fourth-order valence-corrected chi connectivity index (χ4v) is 3.73. The van der Waals surface area contributed by atoms with Gasteiger partial charge in [0.1, 0.15) is 5.82 Å². The molecule has 9 heteroatoms. The van der Waals surface area contributed by atoms with Gasteiger partial charge in [-0.1, -0.05) is 23.7 Å². The molecule has 34 heavy (non-hydrogen) atoms. The van der Waals surface area contributed by atoms with Crippen molar-refractivity contribution in [3.8, 4) is 11.4 Å². The molecule has 0 unspecified atom stereocenters. The van der Waals surface area contributed by atoms with E-state index in [1.165, 1.54) is 0 Å². The molecule has 0 aliphatic rings. The fourth-order valence-electron chi connectivity index (χ4n) is 3.54. The van der Waals surface area contributed by atoms with E-state index in [1.807, 2.05) is 32.2 Å². The van der Waals surface area contributed by atoms with E-state index in [4.69, 9.17) is 16.6 Å². The number of hydrogen-bond acceptors (Lipinski definition) is 6. The van der Waals surface area contributed by atoms with E-state index in [1.54, 1.807) is 59.7 Å². The highest BCUT2D eigenvalue weighted by atomic mass is 35.5. The van der Waals surface area contributed by atoms with Crippen LogP contribution in [0, 0.1) is 6.92 Å². The molecule has 8 nitrogen and oxygen atoms in total. The first kappa shape index (κ1) is 21.5. The summed E-state index contributed by atoms with van der Waals surface area (Å²) in [7, 11) is 1.83. The van der Waals surface area contributed by atoms with Gasteiger partial charge in [0.05, 0.1) is 11.6 Å². The molecule has 0 atom stereocenters. The molecule has 0 fully saturated rings. The molecular formula is C25H20ClN7O. The smallest absolute Gasteiger partial charge is 0.255 e. The Labute approximate surface area is 200 Å². The Morgan fingerprint density at radius 2 is 1.91 bits per heavy atom. The maximum atomic E-state index is 12.9. The molecular weight excluding hydrogens is 450 g/mol. The van der Waals surface area contributed by atoms with Crippen LogP contribution in [0.2, 0.25) is 5.02 Å². The standard InChI is InChI=1S/C25H20ClN7O/c1-15-8-9-16(25(34)29-19-7-3-6-18(26)12-19)11-21(15)30-23-20-14-28-33(2)24(20)32-22(31-23)17-5-4-10-27-13-17/h3-14H,1-2H3,(H,29,34)(H,30,31,32). The molecule has 2 aromatic carbocycles. The average molecular weight is 470 g/mol. The molecule has 2 N–H and O–H groups in total. The van der Waals surface area contributed by atoms with Crippen LogP contribution in [0.1, 0.15) is 15.9 Å². The van der Waals surface area contributed by atoms with Crippen molar-refractivity contribution in [2.75, 3.05) is 10.6 Å². The monoisotopic (exact) mass is 469 g/mol. The Hall–Kier alpha value is -4.30. The maximum Gasteiger partial charge on any atom is 0.255 e. The lowest BCUT2D eigenvalue weighted by Crippen LogP contribution is -2.12. The summed E-state index contributed by atoms with van der Waals surface area (Å²) >= 11 is 6.03. The van der Waals surface area contributed by atoms with Crippen LogP contribution < -0.4 is 10.6 Å². The summed E-state index contributed by atoms with van der Waals surface area (Å²) in [6.45, 7) is 1.96. The number of carbonyl (C=O) groups is 1. The summed E-state index contributed by atoms with van der Waals surface area (Å²) in [6.07, 6.45) is 5.14. The van der Waals surface area contributed by atoms with Gasteiger partial charge in [0, 0.05) is 47.0 Å². The number of anilines is 3. The first-order valence-corrected chi connectivity index (χ1v) is 10.9. The molecule has 168 valence electrons. The first-order chi connectivity index (χ1) is 16.5. The zero-order valence-corrected chi connectivity index (χ0v) is 19.2. The zero-order chi connectivity index (χ0) is 23.7. The number of rotatable bonds is 5. The van der Waals surface area contributed by atoms with Crippen molar-refractivity contribution < 1.29 is 4.79 Å². The van der Waals surface area contributed by atoms with E-state index >= 15 is 0 Å². The van der Waals surface area contributed by atoms with Crippen molar-refractivity contribution in [3.05, 3.63) is 89.3 Å². The number of aryl methyl sites for hydroxylation is 2. The number of hydrogen-bond donors (Lipinski definition) is 2. The highest BCUT2D eigenvalue weighted by Crippen LogP contribution is 2.29. The van der Waals surface area contributed by atoms with Gasteiger partial charge in [0.2, 0.25) is 0 Å².